The molecule has 2 heterocycles. The Hall–Kier alpha value is -2.11. The number of nitrogens with zero attached hydrogens (tertiary/aromatic N) is 2. The van der Waals surface area contributed by atoms with E-state index in [1.807, 2.05) is 33.8 Å². The van der Waals surface area contributed by atoms with Crippen LogP contribution in [0.3, 0.4) is 0 Å². The first-order chi connectivity index (χ1) is 9.31. The summed E-state index contributed by atoms with van der Waals surface area (Å²) in [5.74, 6) is 1.15. The van der Waals surface area contributed by atoms with Crippen molar-refractivity contribution in [3.05, 3.63) is 35.4 Å². The summed E-state index contributed by atoms with van der Waals surface area (Å²) in [5, 5.41) is 6.71. The molecule has 0 unspecified atom stereocenters. The number of aryl methyl sites for hydroxylation is 1. The molecule has 0 aliphatic rings. The van der Waals surface area contributed by atoms with Crippen LogP contribution in [-0.4, -0.2) is 16.0 Å². The Morgan fingerprint density at radius 2 is 2.10 bits per heavy atom. The van der Waals surface area contributed by atoms with Crippen LogP contribution < -0.4 is 5.32 Å². The largest absolute Gasteiger partial charge is 0.459 e. The molecule has 0 spiro atoms. The van der Waals surface area contributed by atoms with E-state index < -0.39 is 5.54 Å². The van der Waals surface area contributed by atoms with Gasteiger partial charge in [-0.2, -0.15) is 4.98 Å². The van der Waals surface area contributed by atoms with Crippen LogP contribution in [0, 0.1) is 6.92 Å². The minimum Gasteiger partial charge on any atom is -0.459 e. The van der Waals surface area contributed by atoms with E-state index in [4.69, 9.17) is 8.94 Å². The van der Waals surface area contributed by atoms with Crippen molar-refractivity contribution < 1.29 is 13.7 Å². The van der Waals surface area contributed by atoms with Gasteiger partial charge in [0.25, 0.3) is 5.91 Å². The van der Waals surface area contributed by atoms with Crippen molar-refractivity contribution in [3.63, 3.8) is 0 Å². The molecule has 6 nitrogen and oxygen atoms in total. The number of hydrogen-bond donors (Lipinski definition) is 1. The summed E-state index contributed by atoms with van der Waals surface area (Å²) in [6.45, 7) is 9.35. The number of aromatic nitrogens is 2. The molecule has 0 atom stereocenters. The average Bonchev–Trinajstić information content (AvgIpc) is 2.96. The maximum Gasteiger partial charge on any atom is 0.288 e. The van der Waals surface area contributed by atoms with Gasteiger partial charge in [0.1, 0.15) is 0 Å². The van der Waals surface area contributed by atoms with E-state index in [-0.39, 0.29) is 11.8 Å². The molecule has 108 valence electrons. The predicted octanol–water partition coefficient (Wildman–Crippen LogP) is 2.76. The number of carbonyl (C=O) groups is 1. The molecule has 0 aliphatic carbocycles. The third kappa shape index (κ3) is 2.74. The SMILES string of the molecule is Cc1nc(C(C)(C)NC(=O)c2occc2C(C)C)no1. The summed E-state index contributed by atoms with van der Waals surface area (Å²) >= 11 is 0. The quantitative estimate of drug-likeness (QED) is 0.929. The second kappa shape index (κ2) is 5.11. The van der Waals surface area contributed by atoms with E-state index in [0.717, 1.165) is 5.56 Å². The molecule has 2 aromatic rings. The Morgan fingerprint density at radius 3 is 2.65 bits per heavy atom. The lowest BCUT2D eigenvalue weighted by atomic mass is 10.0. The van der Waals surface area contributed by atoms with Crippen LogP contribution in [-0.2, 0) is 5.54 Å². The van der Waals surface area contributed by atoms with Crippen LogP contribution >= 0.6 is 0 Å². The normalized spacial score (nSPS) is 11.9. The van der Waals surface area contributed by atoms with Gasteiger partial charge in [-0.25, -0.2) is 0 Å². The molecule has 0 aliphatic heterocycles. The van der Waals surface area contributed by atoms with Gasteiger partial charge in [-0.3, -0.25) is 4.79 Å². The molecular formula is C14H19N3O3. The molecule has 0 fully saturated rings. The first-order valence-corrected chi connectivity index (χ1v) is 6.52. The van der Waals surface area contributed by atoms with Crippen molar-refractivity contribution in [1.29, 1.82) is 0 Å². The van der Waals surface area contributed by atoms with Gasteiger partial charge in [0, 0.05) is 12.5 Å². The fourth-order valence-corrected chi connectivity index (χ4v) is 1.91. The molecule has 1 N–H and O–H groups in total. The highest BCUT2D eigenvalue weighted by Crippen LogP contribution is 2.23. The molecule has 20 heavy (non-hydrogen) atoms. The van der Waals surface area contributed by atoms with Gasteiger partial charge in [0.2, 0.25) is 5.89 Å². The molecule has 0 radical (unpaired) electrons. The fourth-order valence-electron chi connectivity index (χ4n) is 1.91. The molecule has 0 bridgehead atoms. The second-order valence-electron chi connectivity index (χ2n) is 5.58. The zero-order valence-corrected chi connectivity index (χ0v) is 12.4. The zero-order chi connectivity index (χ0) is 14.9. The van der Waals surface area contributed by atoms with Crippen molar-refractivity contribution >= 4 is 5.91 Å². The van der Waals surface area contributed by atoms with Crippen LogP contribution in [0.25, 0.3) is 0 Å². The molecule has 0 aromatic carbocycles. The number of rotatable bonds is 4. The van der Waals surface area contributed by atoms with Crippen LogP contribution in [0.15, 0.2) is 21.3 Å². The molecule has 1 amide bonds. The number of hydrogen-bond acceptors (Lipinski definition) is 5. The van der Waals surface area contributed by atoms with Crippen molar-refractivity contribution in [2.24, 2.45) is 0 Å². The topological polar surface area (TPSA) is 81.2 Å². The predicted molar refractivity (Wildman–Crippen MR) is 72.3 cm³/mol. The van der Waals surface area contributed by atoms with E-state index in [2.05, 4.69) is 15.5 Å². The minimum absolute atomic E-state index is 0.213. The first-order valence-electron chi connectivity index (χ1n) is 6.52. The Bertz CT molecular complexity index is 611. The van der Waals surface area contributed by atoms with Gasteiger partial charge in [-0.05, 0) is 25.8 Å². The van der Waals surface area contributed by atoms with Gasteiger partial charge in [0.05, 0.1) is 11.8 Å². The van der Waals surface area contributed by atoms with E-state index in [9.17, 15) is 4.79 Å². The Morgan fingerprint density at radius 1 is 1.40 bits per heavy atom. The van der Waals surface area contributed by atoms with Crippen LogP contribution in [0.5, 0.6) is 0 Å². The van der Waals surface area contributed by atoms with Gasteiger partial charge < -0.3 is 14.3 Å². The highest BCUT2D eigenvalue weighted by atomic mass is 16.5. The van der Waals surface area contributed by atoms with Crippen molar-refractivity contribution in [1.82, 2.24) is 15.5 Å². The molecule has 0 saturated carbocycles. The summed E-state index contributed by atoms with van der Waals surface area (Å²) in [4.78, 5) is 16.5. The first kappa shape index (κ1) is 14.3. The zero-order valence-electron chi connectivity index (χ0n) is 12.4. The highest BCUT2D eigenvalue weighted by molar-refractivity contribution is 5.93. The van der Waals surface area contributed by atoms with E-state index in [1.54, 1.807) is 6.92 Å². The summed E-state index contributed by atoms with van der Waals surface area (Å²) in [6, 6.07) is 1.81. The maximum absolute atomic E-state index is 12.3. The number of nitrogens with one attached hydrogen (secondary N) is 1. The van der Waals surface area contributed by atoms with Crippen LogP contribution in [0.1, 0.15) is 61.4 Å². The van der Waals surface area contributed by atoms with Crippen molar-refractivity contribution in [2.45, 2.75) is 46.1 Å². The van der Waals surface area contributed by atoms with Gasteiger partial charge in [-0.1, -0.05) is 19.0 Å². The monoisotopic (exact) mass is 277 g/mol. The minimum atomic E-state index is -0.740. The Kier molecular flexibility index (Phi) is 3.65. The molecule has 0 saturated heterocycles. The fraction of sp³-hybridized carbons (Fsp3) is 0.500. The van der Waals surface area contributed by atoms with Crippen molar-refractivity contribution in [3.8, 4) is 0 Å². The molecule has 6 heteroatoms. The van der Waals surface area contributed by atoms with Gasteiger partial charge in [0.15, 0.2) is 11.6 Å². The Balaban J connectivity index is 2.20. The van der Waals surface area contributed by atoms with Crippen LogP contribution in [0.2, 0.25) is 0 Å². The average molecular weight is 277 g/mol. The molecule has 2 aromatic heterocycles. The lowest BCUT2D eigenvalue weighted by Crippen LogP contribution is -2.42. The molecule has 2 rings (SSSR count). The number of carbonyl (C=O) groups excluding carboxylic acids is 1. The lowest BCUT2D eigenvalue weighted by Gasteiger charge is -2.22. The van der Waals surface area contributed by atoms with Gasteiger partial charge >= 0.3 is 0 Å². The van der Waals surface area contributed by atoms with E-state index >= 15 is 0 Å². The molecular weight excluding hydrogens is 258 g/mol. The maximum atomic E-state index is 12.3. The Labute approximate surface area is 117 Å². The summed E-state index contributed by atoms with van der Waals surface area (Å²) < 4.78 is 10.2. The number of furan rings is 1. The third-order valence-corrected chi connectivity index (χ3v) is 3.04. The van der Waals surface area contributed by atoms with Crippen molar-refractivity contribution in [2.75, 3.05) is 0 Å². The summed E-state index contributed by atoms with van der Waals surface area (Å²) in [7, 11) is 0. The smallest absolute Gasteiger partial charge is 0.288 e. The van der Waals surface area contributed by atoms with E-state index in [1.165, 1.54) is 6.26 Å². The van der Waals surface area contributed by atoms with Gasteiger partial charge in [-0.15, -0.1) is 0 Å². The second-order valence-corrected chi connectivity index (χ2v) is 5.58. The van der Waals surface area contributed by atoms with Crippen LogP contribution in [0.4, 0.5) is 0 Å². The highest BCUT2D eigenvalue weighted by Gasteiger charge is 2.30. The summed E-state index contributed by atoms with van der Waals surface area (Å²) in [5.41, 5.74) is 0.137. The third-order valence-electron chi connectivity index (χ3n) is 3.04. The van der Waals surface area contributed by atoms with E-state index in [0.29, 0.717) is 17.5 Å². The number of amides is 1. The lowest BCUT2D eigenvalue weighted by molar-refractivity contribution is 0.0877. The summed E-state index contributed by atoms with van der Waals surface area (Å²) in [6.07, 6.45) is 1.52. The standard InChI is InChI=1S/C14H19N3O3/c1-8(2)10-6-7-19-11(10)12(18)16-14(4,5)13-15-9(3)20-17-13/h6-8H,1-5H3,(H,16,18).